The van der Waals surface area contributed by atoms with Crippen LogP contribution in [0.15, 0.2) is 24.3 Å². The molecule has 0 saturated carbocycles. The second-order valence-corrected chi connectivity index (χ2v) is 5.67. The summed E-state index contributed by atoms with van der Waals surface area (Å²) in [5.41, 5.74) is 3.01. The van der Waals surface area contributed by atoms with Crippen molar-refractivity contribution in [2.45, 2.75) is 52.0 Å². The second-order valence-electron chi connectivity index (χ2n) is 5.67. The molecular formula is C17H28N2. The Kier molecular flexibility index (Phi) is 5.71. The first-order valence-corrected chi connectivity index (χ1v) is 7.88. The molecule has 1 aromatic carbocycles. The van der Waals surface area contributed by atoms with Crippen molar-refractivity contribution in [3.05, 3.63) is 29.8 Å². The Labute approximate surface area is 118 Å². The molecule has 0 fully saturated rings. The summed E-state index contributed by atoms with van der Waals surface area (Å²) in [5.74, 6) is 0. The van der Waals surface area contributed by atoms with E-state index >= 15 is 0 Å². The third-order valence-electron chi connectivity index (χ3n) is 4.09. The van der Waals surface area contributed by atoms with Crippen molar-refractivity contribution in [2.75, 3.05) is 24.5 Å². The molecule has 1 atom stereocenters. The average Bonchev–Trinajstić information content (AvgIpc) is 2.44. The van der Waals surface area contributed by atoms with Crippen LogP contribution in [0.5, 0.6) is 0 Å². The molecular weight excluding hydrogens is 232 g/mol. The zero-order valence-corrected chi connectivity index (χ0v) is 12.5. The number of rotatable bonds is 7. The first-order valence-electron chi connectivity index (χ1n) is 7.88. The van der Waals surface area contributed by atoms with Crippen LogP contribution in [0, 0.1) is 0 Å². The molecule has 0 saturated heterocycles. The fourth-order valence-electron chi connectivity index (χ4n) is 2.93. The molecule has 1 aromatic rings. The lowest BCUT2D eigenvalue weighted by Gasteiger charge is -2.37. The van der Waals surface area contributed by atoms with E-state index in [1.807, 2.05) is 0 Å². The number of para-hydroxylation sites is 1. The SMILES string of the molecule is CCCNCCCCN1c2ccccc2CCC1C. The van der Waals surface area contributed by atoms with Gasteiger partial charge in [-0.1, -0.05) is 25.1 Å². The Morgan fingerprint density at radius 2 is 2.05 bits per heavy atom. The van der Waals surface area contributed by atoms with Crippen LogP contribution < -0.4 is 10.2 Å². The van der Waals surface area contributed by atoms with Gasteiger partial charge in [-0.3, -0.25) is 0 Å². The summed E-state index contributed by atoms with van der Waals surface area (Å²) in [6.45, 7) is 8.11. The molecule has 0 aliphatic carbocycles. The van der Waals surface area contributed by atoms with Crippen molar-refractivity contribution in [1.82, 2.24) is 5.32 Å². The number of nitrogens with one attached hydrogen (secondary N) is 1. The lowest BCUT2D eigenvalue weighted by atomic mass is 9.96. The second kappa shape index (κ2) is 7.54. The number of aryl methyl sites for hydroxylation is 1. The first-order chi connectivity index (χ1) is 9.33. The Balaban J connectivity index is 1.82. The van der Waals surface area contributed by atoms with Crippen molar-refractivity contribution >= 4 is 5.69 Å². The van der Waals surface area contributed by atoms with Crippen molar-refractivity contribution in [2.24, 2.45) is 0 Å². The predicted octanol–water partition coefficient (Wildman–Crippen LogP) is 3.61. The van der Waals surface area contributed by atoms with Gasteiger partial charge in [-0.2, -0.15) is 0 Å². The summed E-state index contributed by atoms with van der Waals surface area (Å²) in [7, 11) is 0. The van der Waals surface area contributed by atoms with Gasteiger partial charge in [0.05, 0.1) is 0 Å². The fraction of sp³-hybridized carbons (Fsp3) is 0.647. The minimum atomic E-state index is 0.693. The molecule has 1 unspecified atom stereocenters. The Morgan fingerprint density at radius 3 is 2.89 bits per heavy atom. The van der Waals surface area contributed by atoms with Gasteiger partial charge >= 0.3 is 0 Å². The maximum atomic E-state index is 3.48. The molecule has 0 amide bonds. The largest absolute Gasteiger partial charge is 0.369 e. The summed E-state index contributed by atoms with van der Waals surface area (Å²) < 4.78 is 0. The van der Waals surface area contributed by atoms with Crippen molar-refractivity contribution < 1.29 is 0 Å². The molecule has 0 aromatic heterocycles. The van der Waals surface area contributed by atoms with Gasteiger partial charge in [-0.15, -0.1) is 0 Å². The zero-order valence-electron chi connectivity index (χ0n) is 12.5. The van der Waals surface area contributed by atoms with E-state index in [4.69, 9.17) is 0 Å². The number of fused-ring (bicyclic) bond motifs is 1. The number of unbranched alkanes of at least 4 members (excludes halogenated alkanes) is 1. The van der Waals surface area contributed by atoms with E-state index in [9.17, 15) is 0 Å². The van der Waals surface area contributed by atoms with Crippen molar-refractivity contribution in [3.63, 3.8) is 0 Å². The van der Waals surface area contributed by atoms with E-state index in [1.165, 1.54) is 49.9 Å². The predicted molar refractivity (Wildman–Crippen MR) is 84.0 cm³/mol. The molecule has 2 heteroatoms. The quantitative estimate of drug-likeness (QED) is 0.753. The van der Waals surface area contributed by atoms with Crippen LogP contribution in [0.25, 0.3) is 0 Å². The molecule has 2 nitrogen and oxygen atoms in total. The van der Waals surface area contributed by atoms with E-state index in [-0.39, 0.29) is 0 Å². The zero-order chi connectivity index (χ0) is 13.5. The molecule has 1 aliphatic heterocycles. The van der Waals surface area contributed by atoms with Crippen LogP contribution in [0.2, 0.25) is 0 Å². The highest BCUT2D eigenvalue weighted by Crippen LogP contribution is 2.30. The molecule has 1 aliphatic rings. The van der Waals surface area contributed by atoms with Crippen LogP contribution in [-0.2, 0) is 6.42 Å². The fourth-order valence-corrected chi connectivity index (χ4v) is 2.93. The number of hydrogen-bond donors (Lipinski definition) is 1. The highest BCUT2D eigenvalue weighted by atomic mass is 15.2. The maximum absolute atomic E-state index is 3.48. The van der Waals surface area contributed by atoms with Gasteiger partial charge < -0.3 is 10.2 Å². The third kappa shape index (κ3) is 3.97. The third-order valence-corrected chi connectivity index (χ3v) is 4.09. The van der Waals surface area contributed by atoms with E-state index < -0.39 is 0 Å². The van der Waals surface area contributed by atoms with Gasteiger partial charge in [-0.25, -0.2) is 0 Å². The molecule has 0 bridgehead atoms. The summed E-state index contributed by atoms with van der Waals surface area (Å²) in [6.07, 6.45) is 6.34. The minimum absolute atomic E-state index is 0.693. The molecule has 0 radical (unpaired) electrons. The highest BCUT2D eigenvalue weighted by molar-refractivity contribution is 5.56. The number of benzene rings is 1. The highest BCUT2D eigenvalue weighted by Gasteiger charge is 2.21. The van der Waals surface area contributed by atoms with Crippen LogP contribution in [0.3, 0.4) is 0 Å². The smallest absolute Gasteiger partial charge is 0.0401 e. The number of anilines is 1. The summed E-state index contributed by atoms with van der Waals surface area (Å²) >= 11 is 0. The van der Waals surface area contributed by atoms with E-state index in [0.717, 1.165) is 13.1 Å². The Morgan fingerprint density at radius 1 is 1.21 bits per heavy atom. The van der Waals surface area contributed by atoms with Gasteiger partial charge in [-0.05, 0) is 63.7 Å². The van der Waals surface area contributed by atoms with Gasteiger partial charge in [0.2, 0.25) is 0 Å². The van der Waals surface area contributed by atoms with E-state index in [2.05, 4.69) is 48.3 Å². The van der Waals surface area contributed by atoms with Crippen LogP contribution >= 0.6 is 0 Å². The first kappa shape index (κ1) is 14.4. The standard InChI is InChI=1S/C17H28N2/c1-3-12-18-13-6-7-14-19-15(2)10-11-16-8-4-5-9-17(16)19/h4-5,8-9,15,18H,3,6-7,10-14H2,1-2H3. The maximum Gasteiger partial charge on any atom is 0.0401 e. The molecule has 2 rings (SSSR count). The summed E-state index contributed by atoms with van der Waals surface area (Å²) in [4.78, 5) is 2.61. The molecule has 0 spiro atoms. The van der Waals surface area contributed by atoms with Crippen LogP contribution in [-0.4, -0.2) is 25.7 Å². The van der Waals surface area contributed by atoms with Gasteiger partial charge in [0.25, 0.3) is 0 Å². The van der Waals surface area contributed by atoms with Gasteiger partial charge in [0, 0.05) is 18.3 Å². The number of nitrogens with zero attached hydrogens (tertiary/aromatic N) is 1. The van der Waals surface area contributed by atoms with Crippen molar-refractivity contribution in [1.29, 1.82) is 0 Å². The van der Waals surface area contributed by atoms with Gasteiger partial charge in [0.1, 0.15) is 0 Å². The van der Waals surface area contributed by atoms with E-state index in [0.29, 0.717) is 6.04 Å². The normalized spacial score (nSPS) is 18.4. The lowest BCUT2D eigenvalue weighted by molar-refractivity contribution is 0.535. The molecule has 1 N–H and O–H groups in total. The average molecular weight is 260 g/mol. The summed E-state index contributed by atoms with van der Waals surface area (Å²) in [5, 5.41) is 3.48. The Bertz CT molecular complexity index is 375. The molecule has 106 valence electrons. The topological polar surface area (TPSA) is 15.3 Å². The Hall–Kier alpha value is -1.02. The van der Waals surface area contributed by atoms with Crippen LogP contribution in [0.4, 0.5) is 5.69 Å². The number of hydrogen-bond acceptors (Lipinski definition) is 2. The lowest BCUT2D eigenvalue weighted by Crippen LogP contribution is -2.38. The van der Waals surface area contributed by atoms with E-state index in [1.54, 1.807) is 0 Å². The monoisotopic (exact) mass is 260 g/mol. The minimum Gasteiger partial charge on any atom is -0.369 e. The molecule has 1 heterocycles. The van der Waals surface area contributed by atoms with Crippen molar-refractivity contribution in [3.8, 4) is 0 Å². The summed E-state index contributed by atoms with van der Waals surface area (Å²) in [6, 6.07) is 9.62. The van der Waals surface area contributed by atoms with Gasteiger partial charge in [0.15, 0.2) is 0 Å². The molecule has 19 heavy (non-hydrogen) atoms. The van der Waals surface area contributed by atoms with Crippen LogP contribution in [0.1, 0.15) is 45.1 Å².